The Balaban J connectivity index is 1.19. The van der Waals surface area contributed by atoms with Crippen LogP contribution >= 0.6 is 11.3 Å². The number of anilines is 6. The first-order valence-corrected chi connectivity index (χ1v) is 30.8. The molecule has 4 heteroatoms. The monoisotopic (exact) mass is 1020 g/mol. The average Bonchev–Trinajstić information content (AvgIpc) is 3.86. The van der Waals surface area contributed by atoms with Gasteiger partial charge in [-0.15, -0.1) is 11.3 Å². The molecule has 5 aromatic carbocycles. The molecule has 2 nitrogen and oxygen atoms in total. The first-order valence-electron chi connectivity index (χ1n) is 30.0. The number of benzene rings is 5. The minimum Gasteiger partial charge on any atom is -0.311 e. The SMILES string of the molecule is CC1(C)CCC(C)(C)c2cc(N3c4cc(C5CCCCC5)cc5c4B(c4cc6c(cc4N5c4cc5c(cc4-c4ccccc4)C(C)(C)CCC5(C)C)C(C)(C)CCC6(C)C)c4sc5c(c43)CC(C(C)(C)C)C=C5)ccc21. The highest BCUT2D eigenvalue weighted by Gasteiger charge is 2.51. The highest BCUT2D eigenvalue weighted by atomic mass is 32.1. The number of rotatable bonds is 4. The molecule has 13 rings (SSSR count). The third-order valence-corrected chi connectivity index (χ3v) is 22.7. The van der Waals surface area contributed by atoms with Crippen molar-refractivity contribution in [3.63, 3.8) is 0 Å². The number of fused-ring (bicyclic) bond motifs is 9. The predicted octanol–water partition coefficient (Wildman–Crippen LogP) is 18.8. The van der Waals surface area contributed by atoms with Gasteiger partial charge in [-0.2, -0.15) is 0 Å². The lowest BCUT2D eigenvalue weighted by molar-refractivity contribution is 0.291. The van der Waals surface area contributed by atoms with Gasteiger partial charge in [-0.1, -0.05) is 172 Å². The molecular weight excluding hydrogens is 936 g/mol. The summed E-state index contributed by atoms with van der Waals surface area (Å²) in [7, 11) is 0. The number of allylic oxidation sites excluding steroid dienone is 1. The van der Waals surface area contributed by atoms with Crippen LogP contribution in [0, 0.1) is 11.3 Å². The normalized spacial score (nSPS) is 22.9. The molecule has 1 unspecified atom stereocenters. The van der Waals surface area contributed by atoms with E-state index in [4.69, 9.17) is 0 Å². The standard InChI is InChI=1S/C72H87BN2S/c1-66(2,3)47-26-29-62-50(38-47)64-65(76-62)73-57-41-54-56(72(14,15)35-33-70(54,10)11)43-59(57)75(58-42-55-53(69(8,9)32-34-71(55,12)13)40-49(58)45-24-20-17-21-25-45)61-37-46(44-22-18-16-19-23-44)36-60(63(61)73)74(64)48-27-28-51-52(39-48)68(6,7)31-30-67(51,4)5/h17,20-21,24-29,36-37,39-44,47H,16,18-19,22-23,30-35,38H2,1-15H3. The maximum absolute atomic E-state index is 2.87. The molecule has 1 fully saturated rings. The molecule has 1 atom stereocenters. The molecule has 1 aromatic heterocycles. The smallest absolute Gasteiger partial charge is 0.264 e. The summed E-state index contributed by atoms with van der Waals surface area (Å²) in [4.78, 5) is 7.21. The molecule has 76 heavy (non-hydrogen) atoms. The van der Waals surface area contributed by atoms with Crippen LogP contribution in [0.4, 0.5) is 34.1 Å². The van der Waals surface area contributed by atoms with Crippen molar-refractivity contribution in [1.82, 2.24) is 0 Å². The van der Waals surface area contributed by atoms with E-state index >= 15 is 0 Å². The summed E-state index contributed by atoms with van der Waals surface area (Å²) in [5, 5.41) is 0. The lowest BCUT2D eigenvalue weighted by atomic mass is 9.35. The van der Waals surface area contributed by atoms with Crippen LogP contribution in [0.15, 0.2) is 91.0 Å². The van der Waals surface area contributed by atoms with Crippen molar-refractivity contribution in [3.8, 4) is 11.1 Å². The zero-order valence-electron chi connectivity index (χ0n) is 49.3. The third kappa shape index (κ3) is 7.72. The van der Waals surface area contributed by atoms with E-state index in [1.165, 1.54) is 164 Å². The molecule has 0 saturated heterocycles. The Hall–Kier alpha value is -4.80. The average molecular weight is 1020 g/mol. The summed E-state index contributed by atoms with van der Waals surface area (Å²) in [6, 6.07) is 35.7. The van der Waals surface area contributed by atoms with Crippen molar-refractivity contribution in [2.24, 2.45) is 11.3 Å². The third-order valence-electron chi connectivity index (χ3n) is 21.5. The Bertz CT molecular complexity index is 3390. The van der Waals surface area contributed by atoms with Crippen molar-refractivity contribution in [2.75, 3.05) is 9.80 Å². The van der Waals surface area contributed by atoms with E-state index in [2.05, 4.69) is 222 Å². The quantitative estimate of drug-likeness (QED) is 0.162. The Kier molecular flexibility index (Phi) is 11.2. The fraction of sp³-hybridized carbons (Fsp3) is 0.500. The van der Waals surface area contributed by atoms with Gasteiger partial charge in [0.05, 0.1) is 11.4 Å². The summed E-state index contributed by atoms with van der Waals surface area (Å²) in [5.74, 6) is 0.974. The molecule has 0 amide bonds. The van der Waals surface area contributed by atoms with Crippen LogP contribution < -0.4 is 25.5 Å². The van der Waals surface area contributed by atoms with Gasteiger partial charge < -0.3 is 9.80 Å². The van der Waals surface area contributed by atoms with E-state index < -0.39 is 0 Å². The highest BCUT2D eigenvalue weighted by Crippen LogP contribution is 2.58. The predicted molar refractivity (Wildman–Crippen MR) is 331 cm³/mol. The lowest BCUT2D eigenvalue weighted by Gasteiger charge is -2.48. The fourth-order valence-electron chi connectivity index (χ4n) is 15.9. The van der Waals surface area contributed by atoms with Crippen LogP contribution in [0.5, 0.6) is 0 Å². The topological polar surface area (TPSA) is 6.48 Å². The second-order valence-corrected chi connectivity index (χ2v) is 31.5. The molecule has 0 spiro atoms. The summed E-state index contributed by atoms with van der Waals surface area (Å²) in [6.45, 7) is 37.7. The molecule has 7 aliphatic rings. The van der Waals surface area contributed by atoms with E-state index in [0.29, 0.717) is 11.8 Å². The van der Waals surface area contributed by atoms with Gasteiger partial charge >= 0.3 is 0 Å². The minimum atomic E-state index is 0.0379. The molecule has 0 N–H and O–H groups in total. The van der Waals surface area contributed by atoms with Gasteiger partial charge in [0.25, 0.3) is 6.71 Å². The van der Waals surface area contributed by atoms with Crippen LogP contribution in [0.3, 0.4) is 0 Å². The minimum absolute atomic E-state index is 0.0379. The summed E-state index contributed by atoms with van der Waals surface area (Å²) < 4.78 is 1.53. The zero-order chi connectivity index (χ0) is 53.4. The molecule has 2 aliphatic heterocycles. The van der Waals surface area contributed by atoms with Crippen molar-refractivity contribution < 1.29 is 0 Å². The van der Waals surface area contributed by atoms with Crippen LogP contribution in [0.25, 0.3) is 17.2 Å². The molecular formula is C72H87BN2S. The van der Waals surface area contributed by atoms with Crippen molar-refractivity contribution in [3.05, 3.63) is 140 Å². The maximum atomic E-state index is 2.87. The first kappa shape index (κ1) is 50.7. The molecule has 3 heterocycles. The zero-order valence-corrected chi connectivity index (χ0v) is 50.1. The second kappa shape index (κ2) is 16.9. The van der Waals surface area contributed by atoms with Crippen LogP contribution in [0.2, 0.25) is 0 Å². The van der Waals surface area contributed by atoms with Crippen LogP contribution in [-0.4, -0.2) is 6.71 Å². The van der Waals surface area contributed by atoms with E-state index in [-0.39, 0.29) is 44.6 Å². The lowest BCUT2D eigenvalue weighted by Crippen LogP contribution is -2.61. The van der Waals surface area contributed by atoms with Gasteiger partial charge in [-0.3, -0.25) is 0 Å². The van der Waals surface area contributed by atoms with Gasteiger partial charge in [-0.05, 0) is 217 Å². The van der Waals surface area contributed by atoms with Crippen LogP contribution in [0.1, 0.15) is 230 Å². The van der Waals surface area contributed by atoms with Crippen LogP contribution in [-0.2, 0) is 38.9 Å². The summed E-state index contributed by atoms with van der Waals surface area (Å²) in [6.07, 6.45) is 19.8. The van der Waals surface area contributed by atoms with Crippen molar-refractivity contribution in [1.29, 1.82) is 0 Å². The Morgan fingerprint density at radius 1 is 0.526 bits per heavy atom. The summed E-state index contributed by atoms with van der Waals surface area (Å²) in [5.41, 5.74) is 26.9. The number of nitrogens with zero attached hydrogens (tertiary/aromatic N) is 2. The molecule has 0 radical (unpaired) electrons. The van der Waals surface area contributed by atoms with Gasteiger partial charge in [0.1, 0.15) is 0 Å². The van der Waals surface area contributed by atoms with E-state index in [9.17, 15) is 0 Å². The maximum Gasteiger partial charge on any atom is 0.264 e. The highest BCUT2D eigenvalue weighted by molar-refractivity contribution is 7.29. The second-order valence-electron chi connectivity index (χ2n) is 30.4. The van der Waals surface area contributed by atoms with E-state index in [1.54, 1.807) is 16.7 Å². The van der Waals surface area contributed by atoms with Gasteiger partial charge in [0, 0.05) is 38.0 Å². The molecule has 394 valence electrons. The van der Waals surface area contributed by atoms with Gasteiger partial charge in [0.15, 0.2) is 0 Å². The summed E-state index contributed by atoms with van der Waals surface area (Å²) >= 11 is 2.12. The van der Waals surface area contributed by atoms with Gasteiger partial charge in [0.2, 0.25) is 0 Å². The Morgan fingerprint density at radius 2 is 1.05 bits per heavy atom. The Labute approximate surface area is 463 Å². The van der Waals surface area contributed by atoms with Crippen molar-refractivity contribution in [2.45, 2.75) is 219 Å². The molecule has 0 bridgehead atoms. The van der Waals surface area contributed by atoms with E-state index in [1.807, 2.05) is 0 Å². The van der Waals surface area contributed by atoms with Crippen molar-refractivity contribution >= 4 is 74.0 Å². The van der Waals surface area contributed by atoms with E-state index in [0.717, 1.165) is 6.42 Å². The number of hydrogen-bond donors (Lipinski definition) is 0. The van der Waals surface area contributed by atoms with Gasteiger partial charge in [-0.25, -0.2) is 0 Å². The Morgan fingerprint density at radius 3 is 1.64 bits per heavy atom. The largest absolute Gasteiger partial charge is 0.311 e. The number of hydrogen-bond acceptors (Lipinski definition) is 3. The molecule has 5 aliphatic carbocycles. The molecule has 1 saturated carbocycles. The fourth-order valence-corrected chi connectivity index (χ4v) is 17.3. The number of thiophene rings is 1. The molecule has 6 aromatic rings. The first-order chi connectivity index (χ1) is 35.8.